The fourth-order valence-corrected chi connectivity index (χ4v) is 2.68. The molecule has 3 aromatic rings. The predicted molar refractivity (Wildman–Crippen MR) is 109 cm³/mol. The molecule has 0 unspecified atom stereocenters. The fourth-order valence-electron chi connectivity index (χ4n) is 2.68. The van der Waals surface area contributed by atoms with Gasteiger partial charge in [-0.25, -0.2) is 9.97 Å². The highest BCUT2D eigenvalue weighted by Crippen LogP contribution is 2.26. The number of hydrogen-bond acceptors (Lipinski definition) is 6. The van der Waals surface area contributed by atoms with Crippen molar-refractivity contribution < 1.29 is 32.0 Å². The van der Waals surface area contributed by atoms with E-state index < -0.39 is 29.5 Å². The Balaban J connectivity index is 1.65. The number of amides is 3. The number of hydrogen-bond donors (Lipinski definition) is 3. The minimum absolute atomic E-state index is 0.0110. The number of carbonyl (C=O) groups excluding carboxylic acids is 3. The number of alkyl halides is 3. The van der Waals surface area contributed by atoms with Gasteiger partial charge >= 0.3 is 6.18 Å². The first kappa shape index (κ1) is 23.4. The zero-order chi connectivity index (χ0) is 24.0. The van der Waals surface area contributed by atoms with Crippen LogP contribution < -0.4 is 16.0 Å². The van der Waals surface area contributed by atoms with Crippen LogP contribution in [0.3, 0.4) is 0 Å². The zero-order valence-corrected chi connectivity index (χ0v) is 17.2. The SMILES string of the molecule is CNC(=O)CNC(=O)c1ccc(-c2cccc(CNC(=O)c3ccnc(C(F)(F)F)n3)c2)o1. The molecule has 0 saturated carbocycles. The molecule has 3 rings (SSSR count). The Morgan fingerprint density at radius 2 is 1.82 bits per heavy atom. The van der Waals surface area contributed by atoms with Crippen LogP contribution in [0.15, 0.2) is 53.1 Å². The van der Waals surface area contributed by atoms with Crippen molar-refractivity contribution in [1.82, 2.24) is 25.9 Å². The van der Waals surface area contributed by atoms with E-state index in [0.717, 1.165) is 12.3 Å². The van der Waals surface area contributed by atoms with E-state index in [2.05, 4.69) is 25.9 Å². The van der Waals surface area contributed by atoms with Crippen molar-refractivity contribution in [1.29, 1.82) is 0 Å². The van der Waals surface area contributed by atoms with Gasteiger partial charge in [0.1, 0.15) is 11.5 Å². The van der Waals surface area contributed by atoms with Gasteiger partial charge in [0.2, 0.25) is 11.7 Å². The number of halogens is 3. The third-order valence-corrected chi connectivity index (χ3v) is 4.32. The van der Waals surface area contributed by atoms with Gasteiger partial charge in [0.15, 0.2) is 5.76 Å². The molecule has 3 amide bonds. The first-order chi connectivity index (χ1) is 15.7. The molecule has 9 nitrogen and oxygen atoms in total. The quantitative estimate of drug-likeness (QED) is 0.495. The van der Waals surface area contributed by atoms with Crippen LogP contribution in [0.2, 0.25) is 0 Å². The lowest BCUT2D eigenvalue weighted by Gasteiger charge is -2.08. The van der Waals surface area contributed by atoms with E-state index in [9.17, 15) is 27.6 Å². The first-order valence-corrected chi connectivity index (χ1v) is 9.53. The lowest BCUT2D eigenvalue weighted by molar-refractivity contribution is -0.145. The molecular formula is C21H18F3N5O4. The average molecular weight is 461 g/mol. The van der Waals surface area contributed by atoms with Crippen molar-refractivity contribution in [2.75, 3.05) is 13.6 Å². The summed E-state index contributed by atoms with van der Waals surface area (Å²) in [4.78, 5) is 41.9. The van der Waals surface area contributed by atoms with Crippen LogP contribution in [0.5, 0.6) is 0 Å². The maximum absolute atomic E-state index is 12.7. The molecular weight excluding hydrogens is 443 g/mol. The fraction of sp³-hybridized carbons (Fsp3) is 0.190. The second kappa shape index (κ2) is 9.94. The van der Waals surface area contributed by atoms with Crippen molar-refractivity contribution in [3.8, 4) is 11.3 Å². The molecule has 3 N–H and O–H groups in total. The number of rotatable bonds is 7. The standard InChI is InChI=1S/C21H18F3N5O4/c1-25-17(30)11-28-19(32)16-6-5-15(33-16)13-4-2-3-12(9-13)10-27-18(31)14-7-8-26-20(29-14)21(22,23)24/h2-9H,10-11H2,1H3,(H,25,30)(H,27,31)(H,28,32). The molecule has 0 saturated heterocycles. The summed E-state index contributed by atoms with van der Waals surface area (Å²) in [6, 6.07) is 10.9. The number of aromatic nitrogens is 2. The van der Waals surface area contributed by atoms with Crippen molar-refractivity contribution in [2.24, 2.45) is 0 Å². The third-order valence-electron chi connectivity index (χ3n) is 4.32. The number of nitrogens with one attached hydrogen (secondary N) is 3. The molecule has 1 aromatic carbocycles. The second-order valence-corrected chi connectivity index (χ2v) is 6.67. The van der Waals surface area contributed by atoms with Crippen LogP contribution in [-0.2, 0) is 17.5 Å². The molecule has 0 aliphatic carbocycles. The Hall–Kier alpha value is -4.22. The monoisotopic (exact) mass is 461 g/mol. The van der Waals surface area contributed by atoms with Gasteiger partial charge in [-0.15, -0.1) is 0 Å². The number of furan rings is 1. The number of nitrogens with zero attached hydrogens (tertiary/aromatic N) is 2. The normalized spacial score (nSPS) is 11.0. The van der Waals surface area contributed by atoms with Crippen LogP contribution in [0.1, 0.15) is 32.4 Å². The molecule has 172 valence electrons. The van der Waals surface area contributed by atoms with Gasteiger partial charge < -0.3 is 20.4 Å². The topological polar surface area (TPSA) is 126 Å². The van der Waals surface area contributed by atoms with Gasteiger partial charge in [0.25, 0.3) is 11.8 Å². The lowest BCUT2D eigenvalue weighted by Crippen LogP contribution is -2.34. The van der Waals surface area contributed by atoms with Crippen LogP contribution in [-0.4, -0.2) is 41.3 Å². The Bertz CT molecular complexity index is 1180. The Morgan fingerprint density at radius 3 is 2.55 bits per heavy atom. The Kier molecular flexibility index (Phi) is 7.06. The number of likely N-dealkylation sites (N-methyl/N-ethyl adjacent to an activating group) is 1. The maximum atomic E-state index is 12.7. The molecule has 0 spiro atoms. The van der Waals surface area contributed by atoms with E-state index in [-0.39, 0.29) is 24.8 Å². The zero-order valence-electron chi connectivity index (χ0n) is 17.2. The molecule has 0 fully saturated rings. The average Bonchev–Trinajstić information content (AvgIpc) is 3.31. The minimum Gasteiger partial charge on any atom is -0.451 e. The highest BCUT2D eigenvalue weighted by atomic mass is 19.4. The second-order valence-electron chi connectivity index (χ2n) is 6.67. The molecule has 12 heteroatoms. The first-order valence-electron chi connectivity index (χ1n) is 9.53. The summed E-state index contributed by atoms with van der Waals surface area (Å²) in [5, 5.41) is 7.29. The van der Waals surface area contributed by atoms with Crippen LogP contribution in [0, 0.1) is 0 Å². The van der Waals surface area contributed by atoms with Crippen molar-refractivity contribution >= 4 is 17.7 Å². The van der Waals surface area contributed by atoms with E-state index in [1.807, 2.05) is 0 Å². The molecule has 33 heavy (non-hydrogen) atoms. The predicted octanol–water partition coefficient (Wildman–Crippen LogP) is 2.16. The van der Waals surface area contributed by atoms with E-state index in [0.29, 0.717) is 16.9 Å². The van der Waals surface area contributed by atoms with Crippen LogP contribution >= 0.6 is 0 Å². The molecule has 0 bridgehead atoms. The van der Waals surface area contributed by atoms with Gasteiger partial charge in [-0.1, -0.05) is 18.2 Å². The minimum atomic E-state index is -4.76. The van der Waals surface area contributed by atoms with Crippen molar-refractivity contribution in [3.05, 3.63) is 71.5 Å². The number of carbonyl (C=O) groups is 3. The summed E-state index contributed by atoms with van der Waals surface area (Å²) in [5.41, 5.74) is 0.827. The molecule has 0 aliphatic rings. The van der Waals surface area contributed by atoms with Gasteiger partial charge in [0, 0.05) is 25.4 Å². The summed E-state index contributed by atoms with van der Waals surface area (Å²) in [6.07, 6.45) is -3.89. The number of benzene rings is 1. The molecule has 2 heterocycles. The van der Waals surface area contributed by atoms with Crippen molar-refractivity contribution in [3.63, 3.8) is 0 Å². The third kappa shape index (κ3) is 6.15. The van der Waals surface area contributed by atoms with Gasteiger partial charge in [-0.05, 0) is 29.8 Å². The maximum Gasteiger partial charge on any atom is 0.451 e. The Morgan fingerprint density at radius 1 is 1.03 bits per heavy atom. The van der Waals surface area contributed by atoms with Crippen molar-refractivity contribution in [2.45, 2.75) is 12.7 Å². The lowest BCUT2D eigenvalue weighted by atomic mass is 10.1. The Labute approximate surface area is 185 Å². The summed E-state index contributed by atoms with van der Waals surface area (Å²) in [5.74, 6) is -2.72. The van der Waals surface area contributed by atoms with Crippen LogP contribution in [0.25, 0.3) is 11.3 Å². The van der Waals surface area contributed by atoms with Crippen LogP contribution in [0.4, 0.5) is 13.2 Å². The largest absolute Gasteiger partial charge is 0.451 e. The highest BCUT2D eigenvalue weighted by molar-refractivity contribution is 5.94. The molecule has 2 aromatic heterocycles. The summed E-state index contributed by atoms with van der Waals surface area (Å²) in [7, 11) is 1.45. The van der Waals surface area contributed by atoms with E-state index >= 15 is 0 Å². The summed E-state index contributed by atoms with van der Waals surface area (Å²) in [6.45, 7) is -0.185. The van der Waals surface area contributed by atoms with E-state index in [1.54, 1.807) is 30.3 Å². The smallest absolute Gasteiger partial charge is 0.451 e. The molecule has 0 aliphatic heterocycles. The van der Waals surface area contributed by atoms with E-state index in [4.69, 9.17) is 4.42 Å². The van der Waals surface area contributed by atoms with E-state index in [1.165, 1.54) is 13.1 Å². The van der Waals surface area contributed by atoms with Gasteiger partial charge in [-0.2, -0.15) is 13.2 Å². The van der Waals surface area contributed by atoms with Gasteiger partial charge in [-0.3, -0.25) is 14.4 Å². The van der Waals surface area contributed by atoms with Gasteiger partial charge in [0.05, 0.1) is 6.54 Å². The summed E-state index contributed by atoms with van der Waals surface area (Å²) >= 11 is 0. The highest BCUT2D eigenvalue weighted by Gasteiger charge is 2.35. The molecule has 0 atom stereocenters. The molecule has 0 radical (unpaired) electrons. The summed E-state index contributed by atoms with van der Waals surface area (Å²) < 4.78 is 43.7.